The van der Waals surface area contributed by atoms with Gasteiger partial charge in [0.15, 0.2) is 0 Å². The van der Waals surface area contributed by atoms with E-state index in [9.17, 15) is 21.6 Å². The summed E-state index contributed by atoms with van der Waals surface area (Å²) >= 11 is 1.52. The van der Waals surface area contributed by atoms with E-state index in [1.54, 1.807) is 0 Å². The van der Waals surface area contributed by atoms with Crippen molar-refractivity contribution in [2.45, 2.75) is 16.8 Å². The molecular weight excluding hydrogens is 327 g/mol. The lowest BCUT2D eigenvalue weighted by Gasteiger charge is -2.14. The van der Waals surface area contributed by atoms with Crippen LogP contribution in [0.4, 0.5) is 18.9 Å². The second-order valence-electron chi connectivity index (χ2n) is 4.06. The number of thioether (sulfide) groups is 1. The van der Waals surface area contributed by atoms with Crippen LogP contribution < -0.4 is 5.32 Å². The predicted octanol–water partition coefficient (Wildman–Crippen LogP) is 2.51. The number of benzene rings is 1. The van der Waals surface area contributed by atoms with Crippen LogP contribution in [-0.2, 0) is 9.84 Å². The van der Waals surface area contributed by atoms with Crippen LogP contribution in [0.25, 0.3) is 0 Å². The molecule has 0 saturated carbocycles. The molecule has 0 fully saturated rings. The van der Waals surface area contributed by atoms with Gasteiger partial charge in [0.05, 0.1) is 10.6 Å². The zero-order valence-corrected chi connectivity index (χ0v) is 12.7. The number of rotatable bonds is 8. The Bertz CT molecular complexity index is 547. The van der Waals surface area contributed by atoms with Crippen molar-refractivity contribution in [1.29, 1.82) is 0 Å². The maximum Gasteiger partial charge on any atom is 0.501 e. The van der Waals surface area contributed by atoms with Crippen molar-refractivity contribution < 1.29 is 26.7 Å². The van der Waals surface area contributed by atoms with Crippen LogP contribution in [0.15, 0.2) is 29.2 Å². The number of hydrogen-bond acceptors (Lipinski definition) is 5. The fourth-order valence-corrected chi connectivity index (χ4v) is 3.22. The van der Waals surface area contributed by atoms with Crippen molar-refractivity contribution in [2.75, 3.05) is 30.0 Å². The topological polar surface area (TPSA) is 66.4 Å². The van der Waals surface area contributed by atoms with E-state index in [1.807, 2.05) is 0 Å². The second kappa shape index (κ2) is 7.90. The first-order valence-corrected chi connectivity index (χ1v) is 8.77. The van der Waals surface area contributed by atoms with Gasteiger partial charge in [0.25, 0.3) is 9.84 Å². The van der Waals surface area contributed by atoms with Crippen LogP contribution in [0, 0.1) is 0 Å². The lowest BCUT2D eigenvalue weighted by Crippen LogP contribution is -2.24. The molecule has 2 N–H and O–H groups in total. The van der Waals surface area contributed by atoms with Gasteiger partial charge in [-0.15, -0.1) is 0 Å². The molecule has 0 aliphatic heterocycles. The Kier molecular flexibility index (Phi) is 6.82. The molecule has 4 nitrogen and oxygen atoms in total. The molecule has 0 saturated heterocycles. The van der Waals surface area contributed by atoms with E-state index in [-0.39, 0.29) is 12.3 Å². The smallest absolute Gasteiger partial charge is 0.396 e. The van der Waals surface area contributed by atoms with E-state index in [4.69, 9.17) is 5.11 Å². The summed E-state index contributed by atoms with van der Waals surface area (Å²) in [6.45, 7) is 0.424. The Morgan fingerprint density at radius 1 is 1.19 bits per heavy atom. The summed E-state index contributed by atoms with van der Waals surface area (Å²) in [6.07, 6.45) is 0.643. The molecule has 0 radical (unpaired) electrons. The van der Waals surface area contributed by atoms with E-state index in [0.717, 1.165) is 11.8 Å². The molecule has 0 bridgehead atoms. The third-order valence-corrected chi connectivity index (χ3v) is 5.10. The highest BCUT2D eigenvalue weighted by Crippen LogP contribution is 2.34. The molecule has 0 aliphatic carbocycles. The molecule has 1 aromatic carbocycles. The van der Waals surface area contributed by atoms with Crippen LogP contribution in [0.2, 0.25) is 0 Å². The van der Waals surface area contributed by atoms with Crippen LogP contribution in [-0.4, -0.2) is 43.7 Å². The van der Waals surface area contributed by atoms with Crippen molar-refractivity contribution in [1.82, 2.24) is 0 Å². The average Bonchev–Trinajstić information content (AvgIpc) is 2.42. The Balaban J connectivity index is 2.73. The highest BCUT2D eigenvalue weighted by atomic mass is 32.2. The van der Waals surface area contributed by atoms with Crippen LogP contribution in [0.5, 0.6) is 0 Å². The quantitative estimate of drug-likeness (QED) is 0.710. The third-order valence-electron chi connectivity index (χ3n) is 2.49. The van der Waals surface area contributed by atoms with Gasteiger partial charge in [0.2, 0.25) is 0 Å². The first-order valence-electron chi connectivity index (χ1n) is 6.13. The summed E-state index contributed by atoms with van der Waals surface area (Å²) in [7, 11) is -5.36. The van der Waals surface area contributed by atoms with Gasteiger partial charge in [-0.05, 0) is 24.3 Å². The number of hydrogen-bond donors (Lipinski definition) is 2. The van der Waals surface area contributed by atoms with E-state index in [2.05, 4.69) is 5.32 Å². The summed E-state index contributed by atoms with van der Waals surface area (Å²) in [5, 5.41) is 11.3. The highest BCUT2D eigenvalue weighted by Gasteiger charge is 2.47. The van der Waals surface area contributed by atoms with Crippen molar-refractivity contribution in [3.05, 3.63) is 24.3 Å². The minimum Gasteiger partial charge on any atom is -0.396 e. The first kappa shape index (κ1) is 18.1. The molecule has 21 heavy (non-hydrogen) atoms. The number of aliphatic hydroxyl groups is 1. The average molecular weight is 343 g/mol. The van der Waals surface area contributed by atoms with E-state index in [1.165, 1.54) is 30.0 Å². The monoisotopic (exact) mass is 343 g/mol. The number of para-hydroxylation sites is 1. The molecule has 1 aromatic rings. The molecule has 1 rings (SSSR count). The molecule has 9 heteroatoms. The summed E-state index contributed by atoms with van der Waals surface area (Å²) in [6, 6.07) is 4.96. The molecule has 0 amide bonds. The number of alkyl halides is 3. The number of aliphatic hydroxyl groups excluding tert-OH is 1. The number of nitrogens with one attached hydrogen (secondary N) is 1. The summed E-state index contributed by atoms with van der Waals surface area (Å²) in [5.41, 5.74) is -5.38. The maximum atomic E-state index is 12.6. The van der Waals surface area contributed by atoms with Crippen molar-refractivity contribution in [2.24, 2.45) is 0 Å². The Morgan fingerprint density at radius 2 is 1.86 bits per heavy atom. The molecule has 0 spiro atoms. The van der Waals surface area contributed by atoms with E-state index in [0.29, 0.717) is 18.7 Å². The molecule has 0 unspecified atom stereocenters. The molecule has 0 heterocycles. The van der Waals surface area contributed by atoms with Gasteiger partial charge < -0.3 is 10.4 Å². The van der Waals surface area contributed by atoms with Gasteiger partial charge in [-0.3, -0.25) is 0 Å². The Hall–Kier alpha value is -0.930. The number of halogens is 3. The zero-order chi connectivity index (χ0) is 15.9. The first-order chi connectivity index (χ1) is 9.80. The second-order valence-corrected chi connectivity index (χ2v) is 7.20. The van der Waals surface area contributed by atoms with Gasteiger partial charge in [-0.25, -0.2) is 8.42 Å². The predicted molar refractivity (Wildman–Crippen MR) is 77.2 cm³/mol. The zero-order valence-electron chi connectivity index (χ0n) is 11.1. The largest absolute Gasteiger partial charge is 0.501 e. The summed E-state index contributed by atoms with van der Waals surface area (Å²) in [5.74, 6) is 1.33. The lowest BCUT2D eigenvalue weighted by atomic mass is 10.3. The van der Waals surface area contributed by atoms with Gasteiger partial charge >= 0.3 is 5.51 Å². The van der Waals surface area contributed by atoms with Crippen molar-refractivity contribution >= 4 is 27.3 Å². The molecule has 0 atom stereocenters. The minimum atomic E-state index is -5.36. The summed E-state index contributed by atoms with van der Waals surface area (Å²) < 4.78 is 60.7. The van der Waals surface area contributed by atoms with E-state index < -0.39 is 20.2 Å². The lowest BCUT2D eigenvalue weighted by molar-refractivity contribution is -0.0435. The van der Waals surface area contributed by atoms with Gasteiger partial charge in [0, 0.05) is 18.9 Å². The third kappa shape index (κ3) is 5.08. The van der Waals surface area contributed by atoms with Gasteiger partial charge in [-0.1, -0.05) is 12.1 Å². The van der Waals surface area contributed by atoms with Crippen molar-refractivity contribution in [3.63, 3.8) is 0 Å². The summed E-state index contributed by atoms with van der Waals surface area (Å²) in [4.78, 5) is -0.766. The number of anilines is 1. The Labute approximate surface area is 125 Å². The van der Waals surface area contributed by atoms with Crippen molar-refractivity contribution in [3.8, 4) is 0 Å². The molecule has 0 aromatic heterocycles. The van der Waals surface area contributed by atoms with E-state index >= 15 is 0 Å². The fraction of sp³-hybridized carbons (Fsp3) is 0.500. The van der Waals surface area contributed by atoms with Crippen LogP contribution in [0.1, 0.15) is 6.42 Å². The van der Waals surface area contributed by atoms with Gasteiger partial charge in [0.1, 0.15) is 0 Å². The highest BCUT2D eigenvalue weighted by molar-refractivity contribution is 7.99. The molecular formula is C12H16F3NO3S2. The minimum absolute atomic E-state index is 0.0578. The van der Waals surface area contributed by atoms with Gasteiger partial charge in [-0.2, -0.15) is 24.9 Å². The van der Waals surface area contributed by atoms with Crippen LogP contribution >= 0.6 is 11.8 Å². The molecule has 120 valence electrons. The van der Waals surface area contributed by atoms with Crippen LogP contribution in [0.3, 0.4) is 0 Å². The number of sulfone groups is 1. The normalized spacial score (nSPS) is 12.4. The standard InChI is InChI=1S/C12H16F3NO3S2/c13-12(14,15)21(18,19)11-5-2-1-4-10(11)16-6-9-20-8-3-7-17/h1-2,4-5,16-17H,3,6-9H2. The Morgan fingerprint density at radius 3 is 2.48 bits per heavy atom. The fourth-order valence-electron chi connectivity index (χ4n) is 1.50. The maximum absolute atomic E-state index is 12.6. The molecule has 0 aliphatic rings. The SMILES string of the molecule is O=S(=O)(c1ccccc1NCCSCCCO)C(F)(F)F.